The third kappa shape index (κ3) is 5.66. The molecule has 0 saturated heterocycles. The number of carbonyl (C=O) groups is 2. The summed E-state index contributed by atoms with van der Waals surface area (Å²) in [6.07, 6.45) is 0.0707. The standard InChI is InChI=1S/C13H17N3O3S/c1-8(2)19-10-5-3-9(4-6-10)16-13(18)12(17)15-7-11(14)20/h3-6,8H,7H2,1-2H3,(H2,14,20)(H,15,17)(H,16,18). The Hall–Kier alpha value is -2.15. The normalized spacial score (nSPS) is 9.95. The van der Waals surface area contributed by atoms with Crippen LogP contribution in [0.1, 0.15) is 13.8 Å². The summed E-state index contributed by atoms with van der Waals surface area (Å²) >= 11 is 4.60. The smallest absolute Gasteiger partial charge is 0.313 e. The lowest BCUT2D eigenvalue weighted by atomic mass is 10.3. The molecule has 6 nitrogen and oxygen atoms in total. The SMILES string of the molecule is CC(C)Oc1ccc(NC(=O)C(=O)NCC(N)=S)cc1. The van der Waals surface area contributed by atoms with Crippen molar-refractivity contribution in [2.24, 2.45) is 5.73 Å². The molecule has 0 heterocycles. The van der Waals surface area contributed by atoms with Gasteiger partial charge in [0.05, 0.1) is 17.6 Å². The minimum atomic E-state index is -0.791. The van der Waals surface area contributed by atoms with Crippen molar-refractivity contribution >= 4 is 34.7 Å². The van der Waals surface area contributed by atoms with Crippen molar-refractivity contribution < 1.29 is 14.3 Å². The minimum Gasteiger partial charge on any atom is -0.491 e. The van der Waals surface area contributed by atoms with Crippen molar-refractivity contribution in [3.63, 3.8) is 0 Å². The van der Waals surface area contributed by atoms with Crippen LogP contribution in [0.5, 0.6) is 5.75 Å². The van der Waals surface area contributed by atoms with Gasteiger partial charge >= 0.3 is 11.8 Å². The molecule has 0 unspecified atom stereocenters. The molecule has 20 heavy (non-hydrogen) atoms. The minimum absolute atomic E-state index is 0.0112. The lowest BCUT2D eigenvalue weighted by Crippen LogP contribution is -2.39. The lowest BCUT2D eigenvalue weighted by Gasteiger charge is -2.10. The van der Waals surface area contributed by atoms with E-state index in [0.717, 1.165) is 0 Å². The zero-order valence-corrected chi connectivity index (χ0v) is 12.1. The fourth-order valence-corrected chi connectivity index (χ4v) is 1.40. The van der Waals surface area contributed by atoms with Gasteiger partial charge in [-0.1, -0.05) is 12.2 Å². The van der Waals surface area contributed by atoms with Gasteiger partial charge in [-0.15, -0.1) is 0 Å². The monoisotopic (exact) mass is 295 g/mol. The first kappa shape index (κ1) is 15.9. The second kappa shape index (κ2) is 7.44. The van der Waals surface area contributed by atoms with Crippen LogP contribution in [0, 0.1) is 0 Å². The van der Waals surface area contributed by atoms with Gasteiger partial charge < -0.3 is 21.1 Å². The summed E-state index contributed by atoms with van der Waals surface area (Å²) in [5, 5.41) is 4.75. The number of thiocarbonyl (C=S) groups is 1. The Bertz CT molecular complexity index is 500. The maximum absolute atomic E-state index is 11.5. The predicted molar refractivity (Wildman–Crippen MR) is 80.6 cm³/mol. The average molecular weight is 295 g/mol. The quantitative estimate of drug-likeness (QED) is 0.552. The van der Waals surface area contributed by atoms with E-state index < -0.39 is 11.8 Å². The zero-order chi connectivity index (χ0) is 15.1. The Morgan fingerprint density at radius 2 is 1.85 bits per heavy atom. The summed E-state index contributed by atoms with van der Waals surface area (Å²) in [7, 11) is 0. The molecule has 1 aromatic carbocycles. The van der Waals surface area contributed by atoms with Gasteiger partial charge in [-0.3, -0.25) is 9.59 Å². The van der Waals surface area contributed by atoms with E-state index in [1.807, 2.05) is 13.8 Å². The van der Waals surface area contributed by atoms with E-state index in [9.17, 15) is 9.59 Å². The molecule has 0 aliphatic carbocycles. The maximum atomic E-state index is 11.5. The number of nitrogens with two attached hydrogens (primary N) is 1. The molecule has 0 bridgehead atoms. The van der Waals surface area contributed by atoms with Crippen LogP contribution in [-0.2, 0) is 9.59 Å². The Morgan fingerprint density at radius 3 is 2.35 bits per heavy atom. The van der Waals surface area contributed by atoms with E-state index in [0.29, 0.717) is 11.4 Å². The first-order valence-electron chi connectivity index (χ1n) is 6.02. The molecule has 0 aromatic heterocycles. The Labute approximate surface area is 122 Å². The summed E-state index contributed by atoms with van der Waals surface area (Å²) in [5.74, 6) is -0.880. The van der Waals surface area contributed by atoms with Gasteiger partial charge in [0.25, 0.3) is 0 Å². The fraction of sp³-hybridized carbons (Fsp3) is 0.308. The predicted octanol–water partition coefficient (Wildman–Crippen LogP) is 0.815. The van der Waals surface area contributed by atoms with Gasteiger partial charge in [0.1, 0.15) is 5.75 Å². The number of ether oxygens (including phenoxy) is 1. The number of hydrogen-bond acceptors (Lipinski definition) is 4. The average Bonchev–Trinajstić information content (AvgIpc) is 2.37. The molecule has 4 N–H and O–H groups in total. The molecule has 0 spiro atoms. The highest BCUT2D eigenvalue weighted by Crippen LogP contribution is 2.16. The third-order valence-electron chi connectivity index (χ3n) is 2.11. The van der Waals surface area contributed by atoms with Crippen LogP contribution < -0.4 is 21.1 Å². The van der Waals surface area contributed by atoms with Crippen LogP contribution in [-0.4, -0.2) is 29.5 Å². The molecule has 0 fully saturated rings. The summed E-state index contributed by atoms with van der Waals surface area (Å²) in [5.41, 5.74) is 5.72. The van der Waals surface area contributed by atoms with Crippen molar-refractivity contribution in [1.29, 1.82) is 0 Å². The van der Waals surface area contributed by atoms with Crippen molar-refractivity contribution in [2.75, 3.05) is 11.9 Å². The number of nitrogens with one attached hydrogen (secondary N) is 2. The molecule has 0 radical (unpaired) electrons. The van der Waals surface area contributed by atoms with E-state index in [4.69, 9.17) is 10.5 Å². The van der Waals surface area contributed by atoms with Crippen molar-refractivity contribution in [2.45, 2.75) is 20.0 Å². The molecule has 2 amide bonds. The van der Waals surface area contributed by atoms with Crippen molar-refractivity contribution in [1.82, 2.24) is 5.32 Å². The number of hydrogen-bond donors (Lipinski definition) is 3. The van der Waals surface area contributed by atoms with Crippen molar-refractivity contribution in [3.05, 3.63) is 24.3 Å². The van der Waals surface area contributed by atoms with Crippen LogP contribution in [0.2, 0.25) is 0 Å². The number of amides is 2. The molecule has 108 valence electrons. The van der Waals surface area contributed by atoms with Crippen molar-refractivity contribution in [3.8, 4) is 5.75 Å². The maximum Gasteiger partial charge on any atom is 0.313 e. The van der Waals surface area contributed by atoms with Crippen LogP contribution in [0.25, 0.3) is 0 Å². The first-order valence-corrected chi connectivity index (χ1v) is 6.43. The molecule has 0 saturated carbocycles. The van der Waals surface area contributed by atoms with Gasteiger partial charge in [-0.25, -0.2) is 0 Å². The van der Waals surface area contributed by atoms with Crippen LogP contribution in [0.15, 0.2) is 24.3 Å². The molecule has 0 atom stereocenters. The largest absolute Gasteiger partial charge is 0.491 e. The first-order chi connectivity index (χ1) is 9.38. The van der Waals surface area contributed by atoms with Crippen LogP contribution in [0.3, 0.4) is 0 Å². The molecular formula is C13H17N3O3S. The second-order valence-electron chi connectivity index (χ2n) is 4.29. The molecular weight excluding hydrogens is 278 g/mol. The molecule has 1 aromatic rings. The number of benzene rings is 1. The third-order valence-corrected chi connectivity index (χ3v) is 2.26. The number of anilines is 1. The van der Waals surface area contributed by atoms with Gasteiger partial charge in [0.2, 0.25) is 0 Å². The van der Waals surface area contributed by atoms with Gasteiger partial charge in [0, 0.05) is 5.69 Å². The topological polar surface area (TPSA) is 93.4 Å². The summed E-state index contributed by atoms with van der Waals surface area (Å²) in [6.45, 7) is 3.83. The van der Waals surface area contributed by atoms with Crippen LogP contribution >= 0.6 is 12.2 Å². The Balaban J connectivity index is 2.53. The molecule has 1 rings (SSSR count). The van der Waals surface area contributed by atoms with Gasteiger partial charge in [0.15, 0.2) is 0 Å². The van der Waals surface area contributed by atoms with E-state index >= 15 is 0 Å². The van der Waals surface area contributed by atoms with Gasteiger partial charge in [-0.2, -0.15) is 0 Å². The molecule has 7 heteroatoms. The van der Waals surface area contributed by atoms with Gasteiger partial charge in [-0.05, 0) is 38.1 Å². The van der Waals surface area contributed by atoms with E-state index in [-0.39, 0.29) is 17.6 Å². The van der Waals surface area contributed by atoms with E-state index in [1.54, 1.807) is 24.3 Å². The second-order valence-corrected chi connectivity index (χ2v) is 4.82. The van der Waals surface area contributed by atoms with E-state index in [1.165, 1.54) is 0 Å². The summed E-state index contributed by atoms with van der Waals surface area (Å²) in [4.78, 5) is 23.1. The number of carbonyl (C=O) groups excluding carboxylic acids is 2. The fourth-order valence-electron chi connectivity index (χ4n) is 1.32. The van der Waals surface area contributed by atoms with E-state index in [2.05, 4.69) is 22.9 Å². The Kier molecular flexibility index (Phi) is 5.92. The lowest BCUT2D eigenvalue weighted by molar-refractivity contribution is -0.135. The highest BCUT2D eigenvalue weighted by molar-refractivity contribution is 7.80. The number of rotatable bonds is 5. The zero-order valence-electron chi connectivity index (χ0n) is 11.3. The summed E-state index contributed by atoms with van der Waals surface area (Å²) in [6, 6.07) is 6.72. The summed E-state index contributed by atoms with van der Waals surface area (Å²) < 4.78 is 5.47. The Morgan fingerprint density at radius 1 is 1.25 bits per heavy atom. The van der Waals surface area contributed by atoms with Crippen LogP contribution in [0.4, 0.5) is 5.69 Å². The highest BCUT2D eigenvalue weighted by Gasteiger charge is 2.13. The molecule has 0 aliphatic heterocycles. The molecule has 0 aliphatic rings. The highest BCUT2D eigenvalue weighted by atomic mass is 32.1.